The second-order valence-electron chi connectivity index (χ2n) is 3.18. The summed E-state index contributed by atoms with van der Waals surface area (Å²) in [4.78, 5) is 22.5. The van der Waals surface area contributed by atoms with E-state index in [1.54, 1.807) is 0 Å². The van der Waals surface area contributed by atoms with Crippen LogP contribution in [0.25, 0.3) is 0 Å². The molecular formula is C9H13NO4-2. The fourth-order valence-corrected chi connectivity index (χ4v) is 1.17. The van der Waals surface area contributed by atoms with E-state index < -0.39 is 17.5 Å². The molecule has 0 aliphatic heterocycles. The lowest BCUT2D eigenvalue weighted by atomic mass is 9.92. The summed E-state index contributed by atoms with van der Waals surface area (Å²) in [6.07, 6.45) is 0.706. The Morgan fingerprint density at radius 1 is 1.43 bits per heavy atom. The Kier molecular flexibility index (Phi) is 4.30. The minimum Gasteiger partial charge on any atom is -0.550 e. The van der Waals surface area contributed by atoms with E-state index in [1.165, 1.54) is 25.1 Å². The van der Waals surface area contributed by atoms with Crippen LogP contribution < -0.4 is 10.2 Å². The van der Waals surface area contributed by atoms with Crippen molar-refractivity contribution >= 4 is 11.9 Å². The van der Waals surface area contributed by atoms with Crippen molar-refractivity contribution in [1.82, 2.24) is 4.90 Å². The molecule has 0 bridgehead atoms. The van der Waals surface area contributed by atoms with Gasteiger partial charge < -0.3 is 19.8 Å². The number of rotatable bonds is 6. The molecule has 0 saturated carbocycles. The number of carbonyl (C=O) groups excluding carboxylic acids is 2. The number of nitrogens with zero attached hydrogens (tertiary/aromatic N) is 1. The summed E-state index contributed by atoms with van der Waals surface area (Å²) in [6.45, 7) is 3.38. The number of hydrogen-bond donors (Lipinski definition) is 0. The highest BCUT2D eigenvalue weighted by atomic mass is 16.4. The van der Waals surface area contributed by atoms with Crippen LogP contribution in [-0.4, -0.2) is 36.5 Å². The summed E-state index contributed by atoms with van der Waals surface area (Å²) in [5.41, 5.74) is -1.44. The van der Waals surface area contributed by atoms with Gasteiger partial charge in [-0.2, -0.15) is 0 Å². The van der Waals surface area contributed by atoms with Crippen molar-refractivity contribution in [3.63, 3.8) is 0 Å². The van der Waals surface area contributed by atoms with Crippen LogP contribution in [0.4, 0.5) is 0 Å². The molecule has 5 nitrogen and oxygen atoms in total. The maximum absolute atomic E-state index is 10.9. The average molecular weight is 199 g/mol. The normalized spacial score (nSPS) is 14.8. The fourth-order valence-electron chi connectivity index (χ4n) is 1.17. The van der Waals surface area contributed by atoms with Gasteiger partial charge >= 0.3 is 0 Å². The predicted molar refractivity (Wildman–Crippen MR) is 45.9 cm³/mol. The van der Waals surface area contributed by atoms with Gasteiger partial charge in [0.05, 0.1) is 11.5 Å². The largest absolute Gasteiger partial charge is 0.550 e. The third-order valence-corrected chi connectivity index (χ3v) is 2.20. The molecule has 0 saturated heterocycles. The molecule has 0 heterocycles. The van der Waals surface area contributed by atoms with Gasteiger partial charge in [-0.05, 0) is 26.9 Å². The molecule has 0 amide bonds. The van der Waals surface area contributed by atoms with Gasteiger partial charge in [-0.3, -0.25) is 4.90 Å². The Balaban J connectivity index is 4.77. The number of likely N-dealkylation sites (N-methyl/N-ethyl adjacent to an activating group) is 1. The lowest BCUT2D eigenvalue weighted by Crippen LogP contribution is -2.56. The maximum atomic E-state index is 10.9. The molecule has 1 atom stereocenters. The Labute approximate surface area is 82.6 Å². The quantitative estimate of drug-likeness (QED) is 0.451. The second-order valence-corrected chi connectivity index (χ2v) is 3.18. The molecule has 5 heteroatoms. The molecule has 0 N–H and O–H groups in total. The van der Waals surface area contributed by atoms with Crippen LogP contribution in [0.1, 0.15) is 12.8 Å². The Morgan fingerprint density at radius 3 is 2.14 bits per heavy atom. The van der Waals surface area contributed by atoms with Crippen molar-refractivity contribution in [3.05, 3.63) is 12.7 Å². The first-order chi connectivity index (χ1) is 6.36. The smallest absolute Gasteiger partial charge is 0.0787 e. The standard InChI is InChI=1S/C9H15NO4/c1-4-9(8(13)14,10(2)3)6-5-7(11)12/h4H,1,5-6H2,2-3H3,(H,11,12)(H,13,14)/p-2. The van der Waals surface area contributed by atoms with E-state index in [0.717, 1.165) is 0 Å². The molecule has 0 fully saturated rings. The molecule has 0 aromatic heterocycles. The first-order valence-corrected chi connectivity index (χ1v) is 4.09. The Hall–Kier alpha value is -1.36. The molecule has 0 radical (unpaired) electrons. The van der Waals surface area contributed by atoms with Crippen molar-refractivity contribution in [2.75, 3.05) is 14.1 Å². The SMILES string of the molecule is C=CC(CCC(=O)[O-])(C(=O)[O-])N(C)C. The van der Waals surface area contributed by atoms with E-state index in [0.29, 0.717) is 0 Å². The summed E-state index contributed by atoms with van der Waals surface area (Å²) < 4.78 is 0. The van der Waals surface area contributed by atoms with Crippen LogP contribution in [0.3, 0.4) is 0 Å². The summed E-state index contributed by atoms with van der Waals surface area (Å²) >= 11 is 0. The lowest BCUT2D eigenvalue weighted by Gasteiger charge is -2.38. The van der Waals surface area contributed by atoms with Gasteiger partial charge in [-0.1, -0.05) is 6.08 Å². The minimum atomic E-state index is -1.44. The Morgan fingerprint density at radius 2 is 1.93 bits per heavy atom. The topological polar surface area (TPSA) is 83.5 Å². The zero-order chi connectivity index (χ0) is 11.4. The highest BCUT2D eigenvalue weighted by Crippen LogP contribution is 2.19. The molecule has 0 aromatic carbocycles. The maximum Gasteiger partial charge on any atom is 0.0787 e. The van der Waals surface area contributed by atoms with Crippen molar-refractivity contribution in [1.29, 1.82) is 0 Å². The third-order valence-electron chi connectivity index (χ3n) is 2.20. The highest BCUT2D eigenvalue weighted by Gasteiger charge is 2.30. The summed E-state index contributed by atoms with van der Waals surface area (Å²) in [5, 5.41) is 21.1. The number of carboxylic acid groups (broad SMARTS) is 2. The zero-order valence-corrected chi connectivity index (χ0v) is 8.28. The summed E-state index contributed by atoms with van der Waals surface area (Å²) in [6, 6.07) is 0. The fraction of sp³-hybridized carbons (Fsp3) is 0.556. The van der Waals surface area contributed by atoms with Crippen LogP contribution in [0.5, 0.6) is 0 Å². The lowest BCUT2D eigenvalue weighted by molar-refractivity contribution is -0.317. The molecule has 0 aliphatic carbocycles. The summed E-state index contributed by atoms with van der Waals surface area (Å²) in [7, 11) is 3.04. The van der Waals surface area contributed by atoms with Crippen LogP contribution >= 0.6 is 0 Å². The third kappa shape index (κ3) is 2.56. The molecule has 80 valence electrons. The van der Waals surface area contributed by atoms with Crippen molar-refractivity contribution in [2.24, 2.45) is 0 Å². The average Bonchev–Trinajstić information content (AvgIpc) is 2.04. The van der Waals surface area contributed by atoms with E-state index in [2.05, 4.69) is 6.58 Å². The van der Waals surface area contributed by atoms with Gasteiger partial charge in [0.2, 0.25) is 0 Å². The van der Waals surface area contributed by atoms with Crippen LogP contribution in [0.15, 0.2) is 12.7 Å². The van der Waals surface area contributed by atoms with Gasteiger partial charge in [0.25, 0.3) is 0 Å². The first kappa shape index (κ1) is 12.6. The molecular weight excluding hydrogens is 186 g/mol. The van der Waals surface area contributed by atoms with Crippen molar-refractivity contribution < 1.29 is 19.8 Å². The van der Waals surface area contributed by atoms with E-state index >= 15 is 0 Å². The summed E-state index contributed by atoms with van der Waals surface area (Å²) in [5.74, 6) is -2.65. The molecule has 0 spiro atoms. The molecule has 0 aliphatic rings. The van der Waals surface area contributed by atoms with Gasteiger partial charge in [0, 0.05) is 5.97 Å². The van der Waals surface area contributed by atoms with E-state index in [1.807, 2.05) is 0 Å². The molecule has 14 heavy (non-hydrogen) atoms. The zero-order valence-electron chi connectivity index (χ0n) is 8.28. The Bertz CT molecular complexity index is 249. The number of carboxylic acids is 2. The van der Waals surface area contributed by atoms with Gasteiger partial charge in [-0.15, -0.1) is 6.58 Å². The number of carbonyl (C=O) groups is 2. The second kappa shape index (κ2) is 4.76. The van der Waals surface area contributed by atoms with Crippen molar-refractivity contribution in [2.45, 2.75) is 18.4 Å². The van der Waals surface area contributed by atoms with Crippen molar-refractivity contribution in [3.8, 4) is 0 Å². The van der Waals surface area contributed by atoms with E-state index in [4.69, 9.17) is 0 Å². The van der Waals surface area contributed by atoms with Gasteiger partial charge in [0.15, 0.2) is 0 Å². The van der Waals surface area contributed by atoms with Crippen LogP contribution in [-0.2, 0) is 9.59 Å². The molecule has 1 unspecified atom stereocenters. The van der Waals surface area contributed by atoms with E-state index in [9.17, 15) is 19.8 Å². The monoisotopic (exact) mass is 199 g/mol. The molecule has 0 rings (SSSR count). The predicted octanol–water partition coefficient (Wildman–Crippen LogP) is -2.25. The number of hydrogen-bond acceptors (Lipinski definition) is 5. The van der Waals surface area contributed by atoms with Crippen LogP contribution in [0, 0.1) is 0 Å². The first-order valence-electron chi connectivity index (χ1n) is 4.09. The van der Waals surface area contributed by atoms with Gasteiger partial charge in [0.1, 0.15) is 0 Å². The highest BCUT2D eigenvalue weighted by molar-refractivity contribution is 5.80. The minimum absolute atomic E-state index is 0.117. The van der Waals surface area contributed by atoms with Crippen LogP contribution in [0.2, 0.25) is 0 Å². The molecule has 0 aromatic rings. The number of aliphatic carboxylic acids is 2. The van der Waals surface area contributed by atoms with E-state index in [-0.39, 0.29) is 12.8 Å². The van der Waals surface area contributed by atoms with Gasteiger partial charge in [-0.25, -0.2) is 0 Å².